The number of ketones is 1. The minimum atomic E-state index is -1.61. The van der Waals surface area contributed by atoms with E-state index in [9.17, 15) is 44.1 Å². The van der Waals surface area contributed by atoms with Crippen molar-refractivity contribution in [3.8, 4) is 0 Å². The molecule has 5 amide bonds. The van der Waals surface area contributed by atoms with Gasteiger partial charge in [-0.1, -0.05) is 0 Å². The highest BCUT2D eigenvalue weighted by Crippen LogP contribution is 2.20. The first kappa shape index (κ1) is 46.5. The molecule has 1 saturated heterocycles. The van der Waals surface area contributed by atoms with Crippen molar-refractivity contribution >= 4 is 35.5 Å². The van der Waals surface area contributed by atoms with Crippen molar-refractivity contribution in [1.82, 2.24) is 26.6 Å². The summed E-state index contributed by atoms with van der Waals surface area (Å²) >= 11 is 0. The van der Waals surface area contributed by atoms with Gasteiger partial charge in [0.15, 0.2) is 6.23 Å². The van der Waals surface area contributed by atoms with Gasteiger partial charge in [0.1, 0.15) is 41.8 Å². The minimum Gasteiger partial charge on any atom is -0.444 e. The number of carbonyl (C=O) groups is 6. The van der Waals surface area contributed by atoms with Crippen LogP contribution in [-0.4, -0.2) is 166 Å². The second-order valence-electron chi connectivity index (χ2n) is 12.7. The van der Waals surface area contributed by atoms with Gasteiger partial charge < -0.3 is 70.3 Å². The molecule has 0 radical (unpaired) electrons. The molecule has 1 rings (SSSR count). The molecule has 6 atom stereocenters. The summed E-state index contributed by atoms with van der Waals surface area (Å²) in [6.07, 6.45) is -6.95. The van der Waals surface area contributed by atoms with Crippen molar-refractivity contribution in [3.63, 3.8) is 0 Å². The largest absolute Gasteiger partial charge is 0.444 e. The molecule has 0 aromatic heterocycles. The molecule has 0 aliphatic carbocycles. The second-order valence-corrected chi connectivity index (χ2v) is 12.7. The van der Waals surface area contributed by atoms with Crippen LogP contribution >= 0.6 is 0 Å². The molecule has 0 bridgehead atoms. The number of hydrogen-bond acceptors (Lipinski definition) is 15. The lowest BCUT2D eigenvalue weighted by molar-refractivity contribution is -0.203. The Hall–Kier alpha value is -3.50. The molecule has 1 heterocycles. The van der Waals surface area contributed by atoms with Crippen LogP contribution in [0.3, 0.4) is 0 Å². The standard InChI is InChI=1S/C32H57N5O15/c1-20(39)6-10-47-14-16-49-12-8-33-24(41)7-11-48-15-17-50-13-9-34-29(45)22(36-31(46)52-32(3,4)5)18-25(42)37-30-26(35-21(2)40)28(44)27(43)23(19-38)51-30/h22-23,26-28,30,38,43-44H,6-19H2,1-5H3,(H,33,41)(H,34,45)(H,35,40)(H,36,46)(H,37,42)/t22-,23?,26?,27?,28?,30?/m0/s1. The van der Waals surface area contributed by atoms with Crippen molar-refractivity contribution in [2.75, 3.05) is 72.6 Å². The summed E-state index contributed by atoms with van der Waals surface area (Å²) in [5.41, 5.74) is -0.908. The molecule has 1 fully saturated rings. The van der Waals surface area contributed by atoms with Gasteiger partial charge in [-0.2, -0.15) is 0 Å². The van der Waals surface area contributed by atoms with Gasteiger partial charge >= 0.3 is 6.09 Å². The molecule has 5 unspecified atom stereocenters. The van der Waals surface area contributed by atoms with E-state index in [1.165, 1.54) is 6.92 Å². The molecule has 8 N–H and O–H groups in total. The molecule has 20 heteroatoms. The normalized spacial score (nSPS) is 20.7. The van der Waals surface area contributed by atoms with Gasteiger partial charge in [-0.25, -0.2) is 4.79 Å². The Morgan fingerprint density at radius 2 is 1.29 bits per heavy atom. The zero-order chi connectivity index (χ0) is 39.1. The zero-order valence-corrected chi connectivity index (χ0v) is 30.6. The highest BCUT2D eigenvalue weighted by Gasteiger charge is 2.45. The third-order valence-corrected chi connectivity index (χ3v) is 6.93. The van der Waals surface area contributed by atoms with E-state index in [2.05, 4.69) is 26.6 Å². The zero-order valence-electron chi connectivity index (χ0n) is 30.6. The van der Waals surface area contributed by atoms with Crippen LogP contribution in [0.5, 0.6) is 0 Å². The van der Waals surface area contributed by atoms with E-state index < -0.39 is 79.1 Å². The number of rotatable bonds is 25. The molecule has 0 saturated carbocycles. The molecule has 52 heavy (non-hydrogen) atoms. The van der Waals surface area contributed by atoms with E-state index in [0.29, 0.717) is 39.4 Å². The molecular formula is C32H57N5O15. The summed E-state index contributed by atoms with van der Waals surface area (Å²) in [5, 5.41) is 42.6. The number of aliphatic hydroxyl groups excluding tert-OH is 3. The number of hydrogen-bond donors (Lipinski definition) is 8. The number of nitrogens with one attached hydrogen (secondary N) is 5. The molecule has 300 valence electrons. The maximum atomic E-state index is 13.0. The van der Waals surface area contributed by atoms with Crippen molar-refractivity contribution < 1.29 is 72.5 Å². The fourth-order valence-corrected chi connectivity index (χ4v) is 4.44. The smallest absolute Gasteiger partial charge is 0.408 e. The summed E-state index contributed by atoms with van der Waals surface area (Å²) in [6.45, 7) is 9.06. The Morgan fingerprint density at radius 1 is 0.731 bits per heavy atom. The van der Waals surface area contributed by atoms with Crippen molar-refractivity contribution in [2.24, 2.45) is 0 Å². The third-order valence-electron chi connectivity index (χ3n) is 6.93. The number of amides is 5. The van der Waals surface area contributed by atoms with Crippen molar-refractivity contribution in [3.05, 3.63) is 0 Å². The Bertz CT molecular complexity index is 1120. The summed E-state index contributed by atoms with van der Waals surface area (Å²) in [7, 11) is 0. The monoisotopic (exact) mass is 751 g/mol. The van der Waals surface area contributed by atoms with E-state index in [1.54, 1.807) is 20.8 Å². The SMILES string of the molecule is CC(=O)CCOCCOCCNC(=O)CCOCCOCCNC(=O)[C@H](CC(=O)NC1OC(CO)C(O)C(O)C1NC(C)=O)NC(=O)OC(C)(C)C. The molecule has 0 spiro atoms. The third kappa shape index (κ3) is 21.1. The van der Waals surface area contributed by atoms with Crippen LogP contribution in [0.15, 0.2) is 0 Å². The summed E-state index contributed by atoms with van der Waals surface area (Å²) < 4.78 is 32.1. The van der Waals surface area contributed by atoms with Crippen LogP contribution in [0.1, 0.15) is 53.9 Å². The topological polar surface area (TPSA) is 279 Å². The van der Waals surface area contributed by atoms with Crippen LogP contribution in [-0.2, 0) is 52.4 Å². The number of carbonyl (C=O) groups excluding carboxylic acids is 6. The van der Waals surface area contributed by atoms with Crippen molar-refractivity contribution in [2.45, 2.75) is 96.1 Å². The number of ether oxygens (including phenoxy) is 6. The van der Waals surface area contributed by atoms with E-state index >= 15 is 0 Å². The predicted octanol–water partition coefficient (Wildman–Crippen LogP) is -3.00. The van der Waals surface area contributed by atoms with Gasteiger partial charge in [-0.3, -0.25) is 24.0 Å². The van der Waals surface area contributed by atoms with E-state index in [1.807, 2.05) is 0 Å². The van der Waals surface area contributed by atoms with Gasteiger partial charge in [-0.05, 0) is 27.7 Å². The van der Waals surface area contributed by atoms with Crippen LogP contribution in [0.25, 0.3) is 0 Å². The lowest BCUT2D eigenvalue weighted by Gasteiger charge is -2.42. The Labute approximate surface area is 303 Å². The average Bonchev–Trinajstić information content (AvgIpc) is 3.04. The van der Waals surface area contributed by atoms with Gasteiger partial charge in [0.2, 0.25) is 23.6 Å². The summed E-state index contributed by atoms with van der Waals surface area (Å²) in [4.78, 5) is 72.9. The Kier molecular flexibility index (Phi) is 22.8. The lowest BCUT2D eigenvalue weighted by Crippen LogP contribution is -2.68. The fourth-order valence-electron chi connectivity index (χ4n) is 4.44. The Balaban J connectivity index is 2.44. The quantitative estimate of drug-likeness (QED) is 0.0432. The minimum absolute atomic E-state index is 0.000565. The molecular weight excluding hydrogens is 694 g/mol. The molecule has 1 aliphatic heterocycles. The van der Waals surface area contributed by atoms with Crippen LogP contribution in [0.4, 0.5) is 4.79 Å². The highest BCUT2D eigenvalue weighted by atomic mass is 16.6. The first-order valence-electron chi connectivity index (χ1n) is 17.1. The highest BCUT2D eigenvalue weighted by molar-refractivity contribution is 5.91. The second kappa shape index (κ2) is 25.5. The van der Waals surface area contributed by atoms with Crippen LogP contribution in [0, 0.1) is 0 Å². The molecule has 20 nitrogen and oxygen atoms in total. The van der Waals surface area contributed by atoms with Crippen molar-refractivity contribution in [1.29, 1.82) is 0 Å². The molecule has 1 aliphatic rings. The van der Waals surface area contributed by atoms with E-state index in [4.69, 9.17) is 28.4 Å². The average molecular weight is 752 g/mol. The van der Waals surface area contributed by atoms with Crippen LogP contribution < -0.4 is 26.6 Å². The van der Waals surface area contributed by atoms with E-state index in [0.717, 1.165) is 6.92 Å². The fraction of sp³-hybridized carbons (Fsp3) is 0.812. The van der Waals surface area contributed by atoms with Gasteiger partial charge in [-0.15, -0.1) is 0 Å². The van der Waals surface area contributed by atoms with Crippen LogP contribution in [0.2, 0.25) is 0 Å². The first-order chi connectivity index (χ1) is 24.5. The lowest BCUT2D eigenvalue weighted by atomic mass is 9.95. The summed E-state index contributed by atoms with van der Waals surface area (Å²) in [6, 6.07) is -2.73. The number of Topliss-reactive ketones (excluding diaryl/α,β-unsaturated/α-hetero) is 1. The van der Waals surface area contributed by atoms with Gasteiger partial charge in [0.25, 0.3) is 0 Å². The molecule has 0 aromatic carbocycles. The number of aliphatic hydroxyl groups is 3. The first-order valence-corrected chi connectivity index (χ1v) is 17.1. The van der Waals surface area contributed by atoms with E-state index in [-0.39, 0.29) is 51.1 Å². The maximum absolute atomic E-state index is 13.0. The van der Waals surface area contributed by atoms with Gasteiger partial charge in [0, 0.05) is 32.9 Å². The number of alkyl carbamates (subject to hydrolysis) is 1. The predicted molar refractivity (Wildman–Crippen MR) is 180 cm³/mol. The maximum Gasteiger partial charge on any atom is 0.408 e. The summed E-state index contributed by atoms with van der Waals surface area (Å²) in [5.74, 6) is -2.33. The van der Waals surface area contributed by atoms with Gasteiger partial charge in [0.05, 0.1) is 65.9 Å². The Morgan fingerprint density at radius 3 is 1.83 bits per heavy atom. The molecule has 0 aromatic rings.